The highest BCUT2D eigenvalue weighted by Crippen LogP contribution is 2.03. The first-order valence-corrected chi connectivity index (χ1v) is 5.53. The molecule has 0 atom stereocenters. The van der Waals surface area contributed by atoms with Gasteiger partial charge >= 0.3 is 0 Å². The number of carbonyl (C=O) groups excluding carboxylic acids is 2. The number of rotatable bonds is 4. The maximum atomic E-state index is 11.8. The second kappa shape index (κ2) is 5.72. The summed E-state index contributed by atoms with van der Waals surface area (Å²) in [5.41, 5.74) is 1.88. The van der Waals surface area contributed by atoms with Gasteiger partial charge in [-0.15, -0.1) is 0 Å². The fourth-order valence-corrected chi connectivity index (χ4v) is 1.49. The minimum atomic E-state index is -0.182. The first-order valence-electron chi connectivity index (χ1n) is 5.53. The van der Waals surface area contributed by atoms with Crippen LogP contribution in [0, 0.1) is 0 Å². The predicted molar refractivity (Wildman–Crippen MR) is 67.2 cm³/mol. The minimum Gasteiger partial charge on any atom is -0.346 e. The zero-order valence-electron chi connectivity index (χ0n) is 9.67. The summed E-state index contributed by atoms with van der Waals surface area (Å²) >= 11 is 0. The Hall–Kier alpha value is -2.49. The smallest absolute Gasteiger partial charge is 0.251 e. The van der Waals surface area contributed by atoms with Gasteiger partial charge in [0.1, 0.15) is 6.29 Å². The van der Waals surface area contributed by atoms with E-state index in [4.69, 9.17) is 0 Å². The van der Waals surface area contributed by atoms with Crippen molar-refractivity contribution in [1.82, 2.24) is 10.3 Å². The molecule has 0 fully saturated rings. The van der Waals surface area contributed by atoms with Gasteiger partial charge in [-0.05, 0) is 24.3 Å². The number of nitrogens with one attached hydrogen (secondary N) is 1. The van der Waals surface area contributed by atoms with E-state index in [2.05, 4.69) is 10.3 Å². The number of hydrogen-bond donors (Lipinski definition) is 1. The molecule has 0 unspecified atom stereocenters. The van der Waals surface area contributed by atoms with E-state index in [0.29, 0.717) is 17.7 Å². The van der Waals surface area contributed by atoms with E-state index in [1.54, 1.807) is 30.5 Å². The van der Waals surface area contributed by atoms with Crippen LogP contribution in [0.5, 0.6) is 0 Å². The van der Waals surface area contributed by atoms with Crippen molar-refractivity contribution in [1.29, 1.82) is 0 Å². The fraction of sp³-hybridized carbons (Fsp3) is 0.0714. The second-order valence-electron chi connectivity index (χ2n) is 3.74. The number of benzene rings is 1. The van der Waals surface area contributed by atoms with Crippen LogP contribution in [0.15, 0.2) is 48.7 Å². The van der Waals surface area contributed by atoms with Crippen LogP contribution in [0.3, 0.4) is 0 Å². The molecule has 0 saturated carbocycles. The molecule has 0 aliphatic carbocycles. The van der Waals surface area contributed by atoms with Gasteiger partial charge in [-0.25, -0.2) is 0 Å². The Labute approximate surface area is 105 Å². The molecule has 4 nitrogen and oxygen atoms in total. The monoisotopic (exact) mass is 240 g/mol. The predicted octanol–water partition coefficient (Wildman–Crippen LogP) is 1.82. The lowest BCUT2D eigenvalue weighted by atomic mass is 10.1. The van der Waals surface area contributed by atoms with Crippen molar-refractivity contribution in [2.45, 2.75) is 6.54 Å². The van der Waals surface area contributed by atoms with Crippen molar-refractivity contribution >= 4 is 12.2 Å². The van der Waals surface area contributed by atoms with Gasteiger partial charge in [-0.3, -0.25) is 14.6 Å². The summed E-state index contributed by atoms with van der Waals surface area (Å²) in [6, 6.07) is 12.0. The van der Waals surface area contributed by atoms with Crippen molar-refractivity contribution in [3.63, 3.8) is 0 Å². The molecule has 1 N–H and O–H groups in total. The van der Waals surface area contributed by atoms with Gasteiger partial charge in [-0.1, -0.05) is 18.2 Å². The molecule has 0 aliphatic heterocycles. The molecule has 2 aromatic rings. The van der Waals surface area contributed by atoms with Crippen LogP contribution >= 0.6 is 0 Å². The Bertz CT molecular complexity index is 535. The molecule has 1 heterocycles. The van der Waals surface area contributed by atoms with Crippen molar-refractivity contribution in [2.75, 3.05) is 0 Å². The highest BCUT2D eigenvalue weighted by atomic mass is 16.1. The molecule has 2 rings (SSSR count). The van der Waals surface area contributed by atoms with Crippen LogP contribution in [0.25, 0.3) is 0 Å². The minimum absolute atomic E-state index is 0.182. The molecule has 18 heavy (non-hydrogen) atoms. The van der Waals surface area contributed by atoms with E-state index in [1.807, 2.05) is 18.2 Å². The summed E-state index contributed by atoms with van der Waals surface area (Å²) in [5.74, 6) is -0.182. The number of pyridine rings is 1. The summed E-state index contributed by atoms with van der Waals surface area (Å²) in [5, 5.41) is 2.76. The maximum absolute atomic E-state index is 11.8. The second-order valence-corrected chi connectivity index (χ2v) is 3.74. The summed E-state index contributed by atoms with van der Waals surface area (Å²) in [4.78, 5) is 26.4. The van der Waals surface area contributed by atoms with Gasteiger partial charge in [0.05, 0.1) is 12.2 Å². The van der Waals surface area contributed by atoms with Crippen molar-refractivity contribution < 1.29 is 9.59 Å². The van der Waals surface area contributed by atoms with Crippen molar-refractivity contribution in [3.05, 3.63) is 65.5 Å². The number of nitrogens with zero attached hydrogens (tertiary/aromatic N) is 1. The molecule has 0 spiro atoms. The highest BCUT2D eigenvalue weighted by molar-refractivity contribution is 5.94. The van der Waals surface area contributed by atoms with Gasteiger partial charge < -0.3 is 5.32 Å². The van der Waals surface area contributed by atoms with E-state index in [9.17, 15) is 9.59 Å². The van der Waals surface area contributed by atoms with Gasteiger partial charge in [-0.2, -0.15) is 0 Å². The zero-order valence-corrected chi connectivity index (χ0v) is 9.67. The lowest BCUT2D eigenvalue weighted by Crippen LogP contribution is -2.23. The van der Waals surface area contributed by atoms with Gasteiger partial charge in [0.2, 0.25) is 0 Å². The molecular formula is C14H12N2O2. The number of hydrogen-bond acceptors (Lipinski definition) is 3. The van der Waals surface area contributed by atoms with Gasteiger partial charge in [0.15, 0.2) is 0 Å². The van der Waals surface area contributed by atoms with Crippen LogP contribution in [0.4, 0.5) is 0 Å². The third-order valence-electron chi connectivity index (χ3n) is 2.47. The summed E-state index contributed by atoms with van der Waals surface area (Å²) in [6.07, 6.45) is 2.43. The Balaban J connectivity index is 1.97. The third-order valence-corrected chi connectivity index (χ3v) is 2.47. The standard InChI is InChI=1S/C14H12N2O2/c17-10-11-4-6-12(7-5-11)14(18)16-9-13-3-1-2-8-15-13/h1-8,10H,9H2,(H,16,18). The molecule has 0 aliphatic rings. The molecule has 4 heteroatoms. The van der Waals surface area contributed by atoms with Crippen LogP contribution in [0.2, 0.25) is 0 Å². The molecule has 1 aromatic heterocycles. The lowest BCUT2D eigenvalue weighted by Gasteiger charge is -2.04. The molecule has 90 valence electrons. The van der Waals surface area contributed by atoms with Crippen LogP contribution in [-0.2, 0) is 6.54 Å². The average molecular weight is 240 g/mol. The number of aromatic nitrogens is 1. The quantitative estimate of drug-likeness (QED) is 0.829. The molecule has 1 aromatic carbocycles. The Morgan fingerprint density at radius 3 is 2.56 bits per heavy atom. The zero-order chi connectivity index (χ0) is 12.8. The van der Waals surface area contributed by atoms with E-state index in [0.717, 1.165) is 12.0 Å². The number of carbonyl (C=O) groups is 2. The van der Waals surface area contributed by atoms with Crippen LogP contribution in [0.1, 0.15) is 26.4 Å². The maximum Gasteiger partial charge on any atom is 0.251 e. The first-order chi connectivity index (χ1) is 8.79. The van der Waals surface area contributed by atoms with Crippen LogP contribution < -0.4 is 5.32 Å². The summed E-state index contributed by atoms with van der Waals surface area (Å²) in [6.45, 7) is 0.384. The molecule has 0 saturated heterocycles. The van der Waals surface area contributed by atoms with E-state index < -0.39 is 0 Å². The number of aldehydes is 1. The first kappa shape index (κ1) is 12.0. The SMILES string of the molecule is O=Cc1ccc(C(=O)NCc2ccccn2)cc1. The third kappa shape index (κ3) is 3.01. The lowest BCUT2D eigenvalue weighted by molar-refractivity contribution is 0.0949. The normalized spacial score (nSPS) is 9.78. The summed E-state index contributed by atoms with van der Waals surface area (Å²) in [7, 11) is 0. The number of amides is 1. The van der Waals surface area contributed by atoms with E-state index >= 15 is 0 Å². The topological polar surface area (TPSA) is 59.1 Å². The van der Waals surface area contributed by atoms with Gasteiger partial charge in [0.25, 0.3) is 5.91 Å². The fourth-order valence-electron chi connectivity index (χ4n) is 1.49. The van der Waals surface area contributed by atoms with Crippen molar-refractivity contribution in [2.24, 2.45) is 0 Å². The largest absolute Gasteiger partial charge is 0.346 e. The average Bonchev–Trinajstić information content (AvgIpc) is 2.46. The Morgan fingerprint density at radius 2 is 1.94 bits per heavy atom. The van der Waals surface area contributed by atoms with E-state index in [1.165, 1.54) is 0 Å². The molecule has 0 bridgehead atoms. The van der Waals surface area contributed by atoms with E-state index in [-0.39, 0.29) is 5.91 Å². The Kier molecular flexibility index (Phi) is 3.81. The molecule has 0 radical (unpaired) electrons. The highest BCUT2D eigenvalue weighted by Gasteiger charge is 2.04. The van der Waals surface area contributed by atoms with Crippen LogP contribution in [-0.4, -0.2) is 17.2 Å². The van der Waals surface area contributed by atoms with Crippen molar-refractivity contribution in [3.8, 4) is 0 Å². The van der Waals surface area contributed by atoms with Gasteiger partial charge in [0, 0.05) is 17.3 Å². The summed E-state index contributed by atoms with van der Waals surface area (Å²) < 4.78 is 0. The molecular weight excluding hydrogens is 228 g/mol. The molecule has 1 amide bonds. The Morgan fingerprint density at radius 1 is 1.17 bits per heavy atom.